The average molecular weight is 382 g/mol. The Morgan fingerprint density at radius 1 is 1.40 bits per heavy atom. The number of hydrogen-bond acceptors (Lipinski definition) is 8. The van der Waals surface area contributed by atoms with E-state index in [0.717, 1.165) is 30.7 Å². The fourth-order valence-electron chi connectivity index (χ4n) is 2.47. The van der Waals surface area contributed by atoms with Gasteiger partial charge in [-0.05, 0) is 13.0 Å². The molecule has 1 amide bonds. The molecule has 1 aromatic heterocycles. The van der Waals surface area contributed by atoms with Crippen molar-refractivity contribution in [3.8, 4) is 0 Å². The highest BCUT2D eigenvalue weighted by Crippen LogP contribution is 2.33. The predicted octanol–water partition coefficient (Wildman–Crippen LogP) is 1.88. The maximum atomic E-state index is 12.4. The van der Waals surface area contributed by atoms with Crippen molar-refractivity contribution in [1.82, 2.24) is 4.90 Å². The first-order valence-corrected chi connectivity index (χ1v) is 9.14. The molecule has 0 atom stereocenters. The van der Waals surface area contributed by atoms with E-state index in [1.807, 2.05) is 12.1 Å². The number of rotatable bonds is 5. The minimum absolute atomic E-state index is 0.174. The van der Waals surface area contributed by atoms with Gasteiger partial charge in [0.25, 0.3) is 5.91 Å². The van der Waals surface area contributed by atoms with Crippen molar-refractivity contribution in [3.05, 3.63) is 22.8 Å². The Morgan fingerprint density at radius 2 is 2.16 bits per heavy atom. The van der Waals surface area contributed by atoms with Crippen molar-refractivity contribution in [2.24, 2.45) is 0 Å². The quantitative estimate of drug-likeness (QED) is 0.434. The molecule has 0 spiro atoms. The number of carbonyl (C=O) groups excluding carboxylic acids is 2. The monoisotopic (exact) mass is 382 g/mol. The minimum atomic E-state index is -0.479. The van der Waals surface area contributed by atoms with Gasteiger partial charge in [0.15, 0.2) is 5.88 Å². The van der Waals surface area contributed by atoms with E-state index in [-0.39, 0.29) is 19.1 Å². The van der Waals surface area contributed by atoms with Crippen LogP contribution in [0.5, 0.6) is 0 Å². The van der Waals surface area contributed by atoms with Crippen LogP contribution in [0.1, 0.15) is 12.7 Å². The molecule has 0 aromatic carbocycles. The second-order valence-electron chi connectivity index (χ2n) is 5.35. The molecule has 2 aliphatic heterocycles. The molecule has 9 heteroatoms. The summed E-state index contributed by atoms with van der Waals surface area (Å²) in [5.41, 5.74) is 0. The van der Waals surface area contributed by atoms with Gasteiger partial charge in [0.05, 0.1) is 24.7 Å². The van der Waals surface area contributed by atoms with E-state index in [2.05, 4.69) is 4.90 Å². The maximum Gasteiger partial charge on any atom is 0.326 e. The standard InChI is InChI=1S/C16H18N2O5S2/c1-2-22-14(19)10-18-15(20)12(25-16(18)24)9-11-3-4-13(23-11)17-5-7-21-8-6-17/h3-4,9H,2,5-8,10H2,1H3/b12-9-. The summed E-state index contributed by atoms with van der Waals surface area (Å²) in [5, 5.41) is 0. The summed E-state index contributed by atoms with van der Waals surface area (Å²) < 4.78 is 16.3. The molecule has 3 rings (SSSR count). The number of thioether (sulfide) groups is 1. The molecular weight excluding hydrogens is 364 g/mol. The van der Waals surface area contributed by atoms with Gasteiger partial charge < -0.3 is 18.8 Å². The maximum absolute atomic E-state index is 12.4. The molecule has 0 bridgehead atoms. The molecule has 2 aliphatic rings. The summed E-state index contributed by atoms with van der Waals surface area (Å²) in [6, 6.07) is 3.68. The van der Waals surface area contributed by atoms with E-state index < -0.39 is 5.97 Å². The lowest BCUT2D eigenvalue weighted by atomic mass is 10.3. The average Bonchev–Trinajstić information content (AvgIpc) is 3.17. The number of thiocarbonyl (C=S) groups is 1. The van der Waals surface area contributed by atoms with Crippen molar-refractivity contribution in [1.29, 1.82) is 0 Å². The van der Waals surface area contributed by atoms with Crippen LogP contribution in [0.4, 0.5) is 5.88 Å². The van der Waals surface area contributed by atoms with Gasteiger partial charge in [-0.3, -0.25) is 14.5 Å². The first-order chi connectivity index (χ1) is 12.1. The largest absolute Gasteiger partial charge is 0.465 e. The summed E-state index contributed by atoms with van der Waals surface area (Å²) in [6.07, 6.45) is 1.65. The first kappa shape index (κ1) is 18.0. The molecule has 0 aliphatic carbocycles. The smallest absolute Gasteiger partial charge is 0.326 e. The van der Waals surface area contributed by atoms with Crippen molar-refractivity contribution in [2.45, 2.75) is 6.92 Å². The zero-order valence-corrected chi connectivity index (χ0v) is 15.4. The lowest BCUT2D eigenvalue weighted by Gasteiger charge is -2.26. The highest BCUT2D eigenvalue weighted by atomic mass is 32.2. The van der Waals surface area contributed by atoms with Crippen LogP contribution in [0.25, 0.3) is 6.08 Å². The molecule has 25 heavy (non-hydrogen) atoms. The number of hydrogen-bond donors (Lipinski definition) is 0. The summed E-state index contributed by atoms with van der Waals surface area (Å²) in [7, 11) is 0. The van der Waals surface area contributed by atoms with Crippen LogP contribution >= 0.6 is 24.0 Å². The SMILES string of the molecule is CCOC(=O)CN1C(=O)/C(=C/c2ccc(N3CCOCC3)o2)SC1=S. The molecule has 0 N–H and O–H groups in total. The summed E-state index contributed by atoms with van der Waals surface area (Å²) in [4.78, 5) is 27.8. The van der Waals surface area contributed by atoms with Crippen LogP contribution in [-0.2, 0) is 19.1 Å². The molecule has 134 valence electrons. The number of nitrogens with zero attached hydrogens (tertiary/aromatic N) is 2. The van der Waals surface area contributed by atoms with Crippen molar-refractivity contribution < 1.29 is 23.5 Å². The topological polar surface area (TPSA) is 72.2 Å². The van der Waals surface area contributed by atoms with E-state index in [9.17, 15) is 9.59 Å². The fourth-order valence-corrected chi connectivity index (χ4v) is 3.71. The third-order valence-electron chi connectivity index (χ3n) is 3.67. The number of ether oxygens (including phenoxy) is 2. The molecule has 1 aromatic rings. The van der Waals surface area contributed by atoms with Gasteiger partial charge in [-0.15, -0.1) is 0 Å². The zero-order valence-electron chi connectivity index (χ0n) is 13.7. The number of furan rings is 1. The van der Waals surface area contributed by atoms with E-state index in [0.29, 0.717) is 28.2 Å². The van der Waals surface area contributed by atoms with Gasteiger partial charge in [-0.1, -0.05) is 24.0 Å². The van der Waals surface area contributed by atoms with Gasteiger partial charge in [0, 0.05) is 25.2 Å². The Labute approximate surface area is 154 Å². The second-order valence-corrected chi connectivity index (χ2v) is 7.02. The number of esters is 1. The molecule has 2 fully saturated rings. The van der Waals surface area contributed by atoms with Crippen molar-refractivity contribution >= 4 is 52.1 Å². The highest BCUT2D eigenvalue weighted by Gasteiger charge is 2.34. The Bertz CT molecular complexity index is 709. The number of morpholine rings is 1. The number of anilines is 1. The van der Waals surface area contributed by atoms with E-state index in [1.165, 1.54) is 4.90 Å². The van der Waals surface area contributed by atoms with E-state index >= 15 is 0 Å². The van der Waals surface area contributed by atoms with Crippen LogP contribution in [0, 0.1) is 0 Å². The van der Waals surface area contributed by atoms with Crippen LogP contribution in [-0.4, -0.2) is 60.6 Å². The van der Waals surface area contributed by atoms with Gasteiger partial charge >= 0.3 is 5.97 Å². The lowest BCUT2D eigenvalue weighted by Crippen LogP contribution is -2.35. The van der Waals surface area contributed by atoms with Crippen molar-refractivity contribution in [2.75, 3.05) is 44.4 Å². The summed E-state index contributed by atoms with van der Waals surface area (Å²) in [6.45, 7) is 4.69. The van der Waals surface area contributed by atoms with Gasteiger partial charge in [0.2, 0.25) is 0 Å². The van der Waals surface area contributed by atoms with Gasteiger partial charge in [0.1, 0.15) is 16.6 Å². The molecule has 0 radical (unpaired) electrons. The Hall–Kier alpha value is -1.84. The molecule has 0 unspecified atom stereocenters. The zero-order chi connectivity index (χ0) is 17.8. The first-order valence-electron chi connectivity index (χ1n) is 7.92. The second kappa shape index (κ2) is 8.03. The van der Waals surface area contributed by atoms with E-state index in [1.54, 1.807) is 13.0 Å². The third kappa shape index (κ3) is 4.23. The van der Waals surface area contributed by atoms with E-state index in [4.69, 9.17) is 26.1 Å². The molecule has 2 saturated heterocycles. The summed E-state index contributed by atoms with van der Waals surface area (Å²) >= 11 is 6.34. The van der Waals surface area contributed by atoms with Crippen LogP contribution < -0.4 is 4.90 Å². The number of carbonyl (C=O) groups is 2. The third-order valence-corrected chi connectivity index (χ3v) is 5.05. The number of amides is 1. The van der Waals surface area contributed by atoms with Crippen molar-refractivity contribution in [3.63, 3.8) is 0 Å². The predicted molar refractivity (Wildman–Crippen MR) is 98.3 cm³/mol. The van der Waals surface area contributed by atoms with Crippen LogP contribution in [0.2, 0.25) is 0 Å². The van der Waals surface area contributed by atoms with Crippen LogP contribution in [0.3, 0.4) is 0 Å². The van der Waals surface area contributed by atoms with Gasteiger partial charge in [-0.2, -0.15) is 0 Å². The van der Waals surface area contributed by atoms with Gasteiger partial charge in [-0.25, -0.2) is 0 Å². The molecule has 0 saturated carbocycles. The fraction of sp³-hybridized carbons (Fsp3) is 0.438. The lowest BCUT2D eigenvalue weighted by molar-refractivity contribution is -0.145. The minimum Gasteiger partial charge on any atom is -0.465 e. The Balaban J connectivity index is 1.69. The summed E-state index contributed by atoms with van der Waals surface area (Å²) in [5.74, 6) is 0.523. The normalized spacial score (nSPS) is 19.8. The molecule has 7 nitrogen and oxygen atoms in total. The highest BCUT2D eigenvalue weighted by molar-refractivity contribution is 8.26. The van der Waals surface area contributed by atoms with Crippen LogP contribution in [0.15, 0.2) is 21.5 Å². The Kier molecular flexibility index (Phi) is 5.77. The molecule has 3 heterocycles. The Morgan fingerprint density at radius 3 is 2.88 bits per heavy atom. The molecular formula is C16H18N2O5S2.